The molecule has 2 aromatic carbocycles. The van der Waals surface area contributed by atoms with E-state index < -0.39 is 0 Å². The molecule has 0 atom stereocenters. The highest BCUT2D eigenvalue weighted by atomic mass is 79.9. The number of halogens is 1. The van der Waals surface area contributed by atoms with Crippen molar-refractivity contribution in [3.8, 4) is 0 Å². The van der Waals surface area contributed by atoms with Crippen molar-refractivity contribution in [1.29, 1.82) is 0 Å². The van der Waals surface area contributed by atoms with Crippen molar-refractivity contribution in [2.45, 2.75) is 9.79 Å². The van der Waals surface area contributed by atoms with Crippen molar-refractivity contribution in [2.24, 2.45) is 0 Å². The summed E-state index contributed by atoms with van der Waals surface area (Å²) in [6, 6.07) is 16.1. The molecule has 3 rings (SSSR count). The fraction of sp³-hybridized carbons (Fsp3) is 0. The molecule has 2 nitrogen and oxygen atoms in total. The Morgan fingerprint density at radius 1 is 1.05 bits per heavy atom. The van der Waals surface area contributed by atoms with Crippen LogP contribution in [0.3, 0.4) is 0 Å². The number of hydrogen-bond acceptors (Lipinski definition) is 3. The molecule has 0 spiro atoms. The number of hydrogen-bond donors (Lipinski definition) is 1. The first-order chi connectivity index (χ1) is 9.24. The molecular weight excluding hydrogens is 320 g/mol. The maximum Gasteiger partial charge on any atom is 0.0723 e. The van der Waals surface area contributed by atoms with E-state index in [2.05, 4.69) is 33.0 Å². The van der Waals surface area contributed by atoms with Gasteiger partial charge in [0, 0.05) is 25.8 Å². The SMILES string of the molecule is Nc1c(Sc2cccc(Br)c2)ccc2ncccc12. The molecule has 4 heteroatoms. The summed E-state index contributed by atoms with van der Waals surface area (Å²) in [5.74, 6) is 0. The van der Waals surface area contributed by atoms with E-state index in [1.165, 1.54) is 0 Å². The number of benzene rings is 2. The summed E-state index contributed by atoms with van der Waals surface area (Å²) in [5, 5.41) is 1.00. The Balaban J connectivity index is 2.04. The molecule has 0 unspecified atom stereocenters. The first-order valence-electron chi connectivity index (χ1n) is 5.81. The Bertz CT molecular complexity index is 743. The molecular formula is C15H11BrN2S. The van der Waals surface area contributed by atoms with E-state index in [1.54, 1.807) is 18.0 Å². The fourth-order valence-electron chi connectivity index (χ4n) is 1.90. The first-order valence-corrected chi connectivity index (χ1v) is 7.41. The van der Waals surface area contributed by atoms with Crippen molar-refractivity contribution in [2.75, 3.05) is 5.73 Å². The largest absolute Gasteiger partial charge is 0.397 e. The smallest absolute Gasteiger partial charge is 0.0723 e. The van der Waals surface area contributed by atoms with Crippen LogP contribution in [0.4, 0.5) is 5.69 Å². The van der Waals surface area contributed by atoms with Crippen LogP contribution in [-0.4, -0.2) is 4.98 Å². The average Bonchev–Trinajstić information content (AvgIpc) is 2.42. The minimum atomic E-state index is 0.788. The molecule has 0 aliphatic rings. The number of anilines is 1. The molecule has 0 fully saturated rings. The minimum Gasteiger partial charge on any atom is -0.397 e. The third-order valence-electron chi connectivity index (χ3n) is 2.81. The number of nitrogen functional groups attached to an aromatic ring is 1. The molecule has 0 bridgehead atoms. The molecule has 0 radical (unpaired) electrons. The lowest BCUT2D eigenvalue weighted by molar-refractivity contribution is 1.37. The number of rotatable bonds is 2. The molecule has 0 amide bonds. The zero-order valence-electron chi connectivity index (χ0n) is 10.0. The van der Waals surface area contributed by atoms with Gasteiger partial charge in [-0.05, 0) is 42.5 Å². The van der Waals surface area contributed by atoms with Crippen molar-refractivity contribution in [3.63, 3.8) is 0 Å². The summed E-state index contributed by atoms with van der Waals surface area (Å²) in [6.07, 6.45) is 1.78. The zero-order valence-corrected chi connectivity index (χ0v) is 12.4. The average molecular weight is 331 g/mol. The molecule has 0 saturated heterocycles. The Labute approximate surface area is 124 Å². The molecule has 0 aliphatic heterocycles. The lowest BCUT2D eigenvalue weighted by Gasteiger charge is -2.08. The van der Waals surface area contributed by atoms with E-state index in [9.17, 15) is 0 Å². The summed E-state index contributed by atoms with van der Waals surface area (Å²) in [5.41, 5.74) is 7.95. The van der Waals surface area contributed by atoms with Gasteiger partial charge in [0.15, 0.2) is 0 Å². The second kappa shape index (κ2) is 5.23. The van der Waals surface area contributed by atoms with Gasteiger partial charge >= 0.3 is 0 Å². The lowest BCUT2D eigenvalue weighted by Crippen LogP contribution is -1.91. The highest BCUT2D eigenvalue weighted by Gasteiger charge is 2.06. The summed E-state index contributed by atoms with van der Waals surface area (Å²) in [7, 11) is 0. The molecule has 2 N–H and O–H groups in total. The zero-order chi connectivity index (χ0) is 13.2. The molecule has 0 saturated carbocycles. The van der Waals surface area contributed by atoms with Gasteiger partial charge in [0.2, 0.25) is 0 Å². The maximum atomic E-state index is 6.23. The van der Waals surface area contributed by atoms with Crippen LogP contribution >= 0.6 is 27.7 Å². The van der Waals surface area contributed by atoms with Crippen molar-refractivity contribution in [1.82, 2.24) is 4.98 Å². The van der Waals surface area contributed by atoms with Crippen LogP contribution in [0.25, 0.3) is 10.9 Å². The molecule has 94 valence electrons. The van der Waals surface area contributed by atoms with E-state index in [-0.39, 0.29) is 0 Å². The molecule has 0 aliphatic carbocycles. The van der Waals surface area contributed by atoms with Crippen molar-refractivity contribution in [3.05, 3.63) is 59.2 Å². The number of pyridine rings is 1. The molecule has 3 aromatic rings. The summed E-state index contributed by atoms with van der Waals surface area (Å²) < 4.78 is 1.07. The van der Waals surface area contributed by atoms with Gasteiger partial charge in [-0.1, -0.05) is 33.8 Å². The summed E-state index contributed by atoms with van der Waals surface area (Å²) >= 11 is 5.14. The van der Waals surface area contributed by atoms with E-state index in [4.69, 9.17) is 5.73 Å². The van der Waals surface area contributed by atoms with Crippen LogP contribution in [0.1, 0.15) is 0 Å². The highest BCUT2D eigenvalue weighted by molar-refractivity contribution is 9.10. The van der Waals surface area contributed by atoms with E-state index in [0.29, 0.717) is 0 Å². The van der Waals surface area contributed by atoms with Crippen molar-refractivity contribution >= 4 is 44.3 Å². The van der Waals surface area contributed by atoms with E-state index >= 15 is 0 Å². The van der Waals surface area contributed by atoms with Crippen LogP contribution in [0.2, 0.25) is 0 Å². The van der Waals surface area contributed by atoms with Crippen LogP contribution in [-0.2, 0) is 0 Å². The second-order valence-electron chi connectivity index (χ2n) is 4.11. The quantitative estimate of drug-likeness (QED) is 0.690. The van der Waals surface area contributed by atoms with Gasteiger partial charge in [-0.2, -0.15) is 0 Å². The van der Waals surface area contributed by atoms with Crippen LogP contribution < -0.4 is 5.73 Å². The lowest BCUT2D eigenvalue weighted by atomic mass is 10.2. The van der Waals surface area contributed by atoms with E-state index in [0.717, 1.165) is 30.9 Å². The van der Waals surface area contributed by atoms with Crippen LogP contribution in [0, 0.1) is 0 Å². The molecule has 1 heterocycles. The number of fused-ring (bicyclic) bond motifs is 1. The third-order valence-corrected chi connectivity index (χ3v) is 4.37. The van der Waals surface area contributed by atoms with Crippen LogP contribution in [0.5, 0.6) is 0 Å². The van der Waals surface area contributed by atoms with Gasteiger partial charge in [0.25, 0.3) is 0 Å². The Kier molecular flexibility index (Phi) is 3.44. The maximum absolute atomic E-state index is 6.23. The second-order valence-corrected chi connectivity index (χ2v) is 6.14. The van der Waals surface area contributed by atoms with Crippen LogP contribution in [0.15, 0.2) is 69.0 Å². The van der Waals surface area contributed by atoms with Gasteiger partial charge < -0.3 is 5.73 Å². The number of aromatic nitrogens is 1. The topological polar surface area (TPSA) is 38.9 Å². The highest BCUT2D eigenvalue weighted by Crippen LogP contribution is 2.36. The fourth-order valence-corrected chi connectivity index (χ4v) is 3.39. The summed E-state index contributed by atoms with van der Waals surface area (Å²) in [6.45, 7) is 0. The van der Waals surface area contributed by atoms with E-state index in [1.807, 2.05) is 36.4 Å². The third kappa shape index (κ3) is 2.60. The summed E-state index contributed by atoms with van der Waals surface area (Å²) in [4.78, 5) is 6.52. The Hall–Kier alpha value is -1.52. The standard InChI is InChI=1S/C15H11BrN2S/c16-10-3-1-4-11(9-10)19-14-7-6-13-12(15(14)17)5-2-8-18-13/h1-9H,17H2. The first kappa shape index (κ1) is 12.5. The van der Waals surface area contributed by atoms with Gasteiger partial charge in [0.1, 0.15) is 0 Å². The van der Waals surface area contributed by atoms with Gasteiger partial charge in [-0.3, -0.25) is 4.98 Å². The predicted molar refractivity (Wildman–Crippen MR) is 84.4 cm³/mol. The predicted octanol–water partition coefficient (Wildman–Crippen LogP) is 4.73. The van der Waals surface area contributed by atoms with Gasteiger partial charge in [-0.25, -0.2) is 0 Å². The monoisotopic (exact) mass is 330 g/mol. The van der Waals surface area contributed by atoms with Gasteiger partial charge in [-0.15, -0.1) is 0 Å². The minimum absolute atomic E-state index is 0.788. The number of nitrogens with zero attached hydrogens (tertiary/aromatic N) is 1. The molecule has 1 aromatic heterocycles. The Morgan fingerprint density at radius 2 is 1.95 bits per heavy atom. The normalized spacial score (nSPS) is 10.8. The molecule has 19 heavy (non-hydrogen) atoms. The Morgan fingerprint density at radius 3 is 2.79 bits per heavy atom. The van der Waals surface area contributed by atoms with Gasteiger partial charge in [0.05, 0.1) is 11.2 Å². The van der Waals surface area contributed by atoms with Crippen molar-refractivity contribution < 1.29 is 0 Å². The number of nitrogens with two attached hydrogens (primary N) is 1.